The first-order valence-corrected chi connectivity index (χ1v) is 7.42. The summed E-state index contributed by atoms with van der Waals surface area (Å²) in [6, 6.07) is 7.01. The molecule has 0 heterocycles. The van der Waals surface area contributed by atoms with E-state index in [2.05, 4.69) is 52.5 Å². The van der Waals surface area contributed by atoms with Crippen LogP contribution < -0.4 is 0 Å². The van der Waals surface area contributed by atoms with Crippen LogP contribution in [0, 0.1) is 0 Å². The Morgan fingerprint density at radius 3 is 2.17 bits per heavy atom. The number of hydrogen-bond donors (Lipinski definition) is 0. The lowest BCUT2D eigenvalue weighted by Crippen LogP contribution is -2.01. The lowest BCUT2D eigenvalue weighted by molar-refractivity contribution is 0.560. The van der Waals surface area contributed by atoms with Crippen LogP contribution in [-0.4, -0.2) is 0 Å². The number of aryl methyl sites for hydroxylation is 1. The summed E-state index contributed by atoms with van der Waals surface area (Å²) in [7, 11) is 0. The van der Waals surface area contributed by atoms with Gasteiger partial charge in [-0.25, -0.2) is 0 Å². The zero-order valence-electron chi connectivity index (χ0n) is 12.6. The highest BCUT2D eigenvalue weighted by Crippen LogP contribution is 2.29. The Morgan fingerprint density at radius 1 is 1.11 bits per heavy atom. The molecule has 0 saturated heterocycles. The molecule has 0 N–H and O–H groups in total. The van der Waals surface area contributed by atoms with Gasteiger partial charge in [0, 0.05) is 0 Å². The lowest BCUT2D eigenvalue weighted by Gasteiger charge is -2.18. The standard InChI is InChI=1S/C18H28/c1-6-9-16(10-7-2)17-11-12-18(14(4)5)15(8-3)13-17/h11-13,16H,4,6-10H2,1-3,5H3. The molecule has 0 fully saturated rings. The van der Waals surface area contributed by atoms with E-state index in [1.54, 1.807) is 0 Å². The Balaban J connectivity index is 3.05. The molecule has 0 amide bonds. The van der Waals surface area contributed by atoms with Gasteiger partial charge < -0.3 is 0 Å². The monoisotopic (exact) mass is 244 g/mol. The van der Waals surface area contributed by atoms with Crippen LogP contribution >= 0.6 is 0 Å². The molecule has 0 spiro atoms. The molecule has 0 bridgehead atoms. The van der Waals surface area contributed by atoms with Crippen molar-refractivity contribution in [3.63, 3.8) is 0 Å². The fourth-order valence-electron chi connectivity index (χ4n) is 2.75. The van der Waals surface area contributed by atoms with E-state index >= 15 is 0 Å². The summed E-state index contributed by atoms with van der Waals surface area (Å²) in [6.07, 6.45) is 6.26. The third-order valence-electron chi connectivity index (χ3n) is 3.72. The summed E-state index contributed by atoms with van der Waals surface area (Å²) in [5, 5.41) is 0. The largest absolute Gasteiger partial charge is 0.0955 e. The third kappa shape index (κ3) is 3.73. The molecule has 0 radical (unpaired) electrons. The van der Waals surface area contributed by atoms with Crippen molar-refractivity contribution in [1.29, 1.82) is 0 Å². The molecule has 1 aromatic rings. The molecule has 100 valence electrons. The van der Waals surface area contributed by atoms with Crippen LogP contribution in [0.1, 0.15) is 76.0 Å². The zero-order valence-corrected chi connectivity index (χ0v) is 12.6. The molecule has 1 aromatic carbocycles. The lowest BCUT2D eigenvalue weighted by atomic mass is 9.87. The van der Waals surface area contributed by atoms with Gasteiger partial charge in [-0.15, -0.1) is 0 Å². The first-order chi connectivity index (χ1) is 8.63. The van der Waals surface area contributed by atoms with E-state index < -0.39 is 0 Å². The van der Waals surface area contributed by atoms with E-state index in [0.29, 0.717) is 0 Å². The van der Waals surface area contributed by atoms with Gasteiger partial charge in [0.25, 0.3) is 0 Å². The van der Waals surface area contributed by atoms with Gasteiger partial charge in [0.1, 0.15) is 0 Å². The Morgan fingerprint density at radius 2 is 1.72 bits per heavy atom. The first kappa shape index (κ1) is 15.0. The Hall–Kier alpha value is -1.04. The average Bonchev–Trinajstić information content (AvgIpc) is 2.37. The number of allylic oxidation sites excluding steroid dienone is 1. The van der Waals surface area contributed by atoms with Crippen molar-refractivity contribution in [2.24, 2.45) is 0 Å². The molecule has 0 aliphatic heterocycles. The summed E-state index contributed by atoms with van der Waals surface area (Å²) >= 11 is 0. The molecule has 0 heteroatoms. The average molecular weight is 244 g/mol. The van der Waals surface area contributed by atoms with Gasteiger partial charge in [-0.3, -0.25) is 0 Å². The zero-order chi connectivity index (χ0) is 13.5. The fourth-order valence-corrected chi connectivity index (χ4v) is 2.75. The van der Waals surface area contributed by atoms with E-state index in [-0.39, 0.29) is 0 Å². The normalized spacial score (nSPS) is 10.9. The molecular formula is C18H28. The van der Waals surface area contributed by atoms with Crippen LogP contribution in [0.25, 0.3) is 5.57 Å². The van der Waals surface area contributed by atoms with Gasteiger partial charge in [-0.2, -0.15) is 0 Å². The minimum absolute atomic E-state index is 0.740. The first-order valence-electron chi connectivity index (χ1n) is 7.42. The topological polar surface area (TPSA) is 0 Å². The quantitative estimate of drug-likeness (QED) is 0.554. The highest BCUT2D eigenvalue weighted by Gasteiger charge is 2.11. The van der Waals surface area contributed by atoms with Gasteiger partial charge in [0.15, 0.2) is 0 Å². The molecule has 0 atom stereocenters. The number of rotatable bonds is 7. The van der Waals surface area contributed by atoms with E-state index in [4.69, 9.17) is 0 Å². The molecule has 0 aliphatic rings. The van der Waals surface area contributed by atoms with Gasteiger partial charge >= 0.3 is 0 Å². The van der Waals surface area contributed by atoms with Gasteiger partial charge in [0.2, 0.25) is 0 Å². The highest BCUT2D eigenvalue weighted by atomic mass is 14.2. The van der Waals surface area contributed by atoms with Crippen molar-refractivity contribution >= 4 is 5.57 Å². The van der Waals surface area contributed by atoms with Gasteiger partial charge in [-0.05, 0) is 48.8 Å². The van der Waals surface area contributed by atoms with Crippen LogP contribution in [0.15, 0.2) is 24.8 Å². The predicted octanol–water partition coefficient (Wildman–Crippen LogP) is 5.97. The SMILES string of the molecule is C=C(C)c1ccc(C(CCC)CCC)cc1CC. The molecule has 18 heavy (non-hydrogen) atoms. The Labute approximate surface area is 113 Å². The van der Waals surface area contributed by atoms with Crippen molar-refractivity contribution in [3.8, 4) is 0 Å². The van der Waals surface area contributed by atoms with Crippen molar-refractivity contribution in [3.05, 3.63) is 41.5 Å². The molecule has 0 aliphatic carbocycles. The van der Waals surface area contributed by atoms with Gasteiger partial charge in [-0.1, -0.05) is 64.0 Å². The second kappa shape index (κ2) is 7.41. The number of hydrogen-bond acceptors (Lipinski definition) is 0. The van der Waals surface area contributed by atoms with Crippen LogP contribution in [0.5, 0.6) is 0 Å². The van der Waals surface area contributed by atoms with E-state index in [1.807, 2.05) is 0 Å². The van der Waals surface area contributed by atoms with Crippen molar-refractivity contribution < 1.29 is 0 Å². The van der Waals surface area contributed by atoms with E-state index in [1.165, 1.54) is 47.9 Å². The molecular weight excluding hydrogens is 216 g/mol. The maximum absolute atomic E-state index is 4.08. The summed E-state index contributed by atoms with van der Waals surface area (Å²) in [4.78, 5) is 0. The smallest absolute Gasteiger partial charge is 0.0162 e. The maximum Gasteiger partial charge on any atom is -0.0162 e. The van der Waals surface area contributed by atoms with Crippen LogP contribution in [0.3, 0.4) is 0 Å². The summed E-state index contributed by atoms with van der Waals surface area (Å²) < 4.78 is 0. The molecule has 1 rings (SSSR count). The van der Waals surface area contributed by atoms with E-state index in [0.717, 1.165) is 12.3 Å². The predicted molar refractivity (Wildman–Crippen MR) is 83.1 cm³/mol. The van der Waals surface area contributed by atoms with Gasteiger partial charge in [0.05, 0.1) is 0 Å². The van der Waals surface area contributed by atoms with Crippen LogP contribution in [-0.2, 0) is 6.42 Å². The van der Waals surface area contributed by atoms with Crippen molar-refractivity contribution in [2.45, 2.75) is 65.7 Å². The van der Waals surface area contributed by atoms with E-state index in [9.17, 15) is 0 Å². The second-order valence-electron chi connectivity index (χ2n) is 5.32. The van der Waals surface area contributed by atoms with Crippen molar-refractivity contribution in [1.82, 2.24) is 0 Å². The molecule has 0 aromatic heterocycles. The molecule has 0 nitrogen and oxygen atoms in total. The Kier molecular flexibility index (Phi) is 6.18. The summed E-state index contributed by atoms with van der Waals surface area (Å²) in [5.41, 5.74) is 5.51. The summed E-state index contributed by atoms with van der Waals surface area (Å²) in [6.45, 7) is 13.0. The third-order valence-corrected chi connectivity index (χ3v) is 3.72. The Bertz CT molecular complexity index is 381. The fraction of sp³-hybridized carbons (Fsp3) is 0.556. The minimum atomic E-state index is 0.740. The highest BCUT2D eigenvalue weighted by molar-refractivity contribution is 5.65. The van der Waals surface area contributed by atoms with Crippen molar-refractivity contribution in [2.75, 3.05) is 0 Å². The number of benzene rings is 1. The second-order valence-corrected chi connectivity index (χ2v) is 5.32. The van der Waals surface area contributed by atoms with Crippen LogP contribution in [0.4, 0.5) is 0 Å². The molecule has 0 unspecified atom stereocenters. The molecule has 0 saturated carbocycles. The summed E-state index contributed by atoms with van der Waals surface area (Å²) in [5.74, 6) is 0.740. The maximum atomic E-state index is 4.08. The van der Waals surface area contributed by atoms with Crippen LogP contribution in [0.2, 0.25) is 0 Å². The minimum Gasteiger partial charge on any atom is -0.0955 e.